The Morgan fingerprint density at radius 1 is 0.852 bits per heavy atom. The number of carbonyl (C=O) groups is 2. The third-order valence-corrected chi connectivity index (χ3v) is 4.33. The molecule has 2 N–H and O–H groups in total. The van der Waals surface area contributed by atoms with E-state index in [1.165, 1.54) is 26.2 Å². The average Bonchev–Trinajstić information content (AvgIpc) is 2.65. The molecule has 2 unspecified atom stereocenters. The Labute approximate surface area is 163 Å². The second-order valence-corrected chi connectivity index (χ2v) is 7.14. The van der Waals surface area contributed by atoms with Crippen molar-refractivity contribution < 1.29 is 29.3 Å². The number of aliphatic hydroxyl groups excluding tert-OH is 2. The standard InChI is InChI=1S/C21H38O6/c1-4-18(22)13-11-9-7-5-6-8-10-12-14-20(24)26-15-19(23)16-27-21(25)17(2)3/h18-19,22-23H,2,4-16H2,1,3H3. The lowest BCUT2D eigenvalue weighted by molar-refractivity contribution is -0.150. The van der Waals surface area contributed by atoms with E-state index < -0.39 is 12.1 Å². The summed E-state index contributed by atoms with van der Waals surface area (Å²) in [5.74, 6) is -0.909. The Morgan fingerprint density at radius 3 is 1.93 bits per heavy atom. The van der Waals surface area contributed by atoms with Gasteiger partial charge in [-0.1, -0.05) is 58.4 Å². The van der Waals surface area contributed by atoms with Crippen LogP contribution >= 0.6 is 0 Å². The van der Waals surface area contributed by atoms with Crippen LogP contribution in [0.4, 0.5) is 0 Å². The summed E-state index contributed by atoms with van der Waals surface area (Å²) in [6.07, 6.45) is 9.63. The molecule has 0 amide bonds. The number of carbonyl (C=O) groups excluding carboxylic acids is 2. The first-order chi connectivity index (χ1) is 12.9. The highest BCUT2D eigenvalue weighted by atomic mass is 16.6. The number of esters is 2. The summed E-state index contributed by atoms with van der Waals surface area (Å²) in [5, 5.41) is 19.1. The lowest BCUT2D eigenvalue weighted by atomic mass is 10.0. The summed E-state index contributed by atoms with van der Waals surface area (Å²) in [6, 6.07) is 0. The van der Waals surface area contributed by atoms with E-state index in [-0.39, 0.29) is 30.9 Å². The van der Waals surface area contributed by atoms with Gasteiger partial charge >= 0.3 is 11.9 Å². The number of ether oxygens (including phenoxy) is 2. The fourth-order valence-corrected chi connectivity index (χ4v) is 2.52. The van der Waals surface area contributed by atoms with Crippen LogP contribution in [-0.2, 0) is 19.1 Å². The smallest absolute Gasteiger partial charge is 0.333 e. The summed E-state index contributed by atoms with van der Waals surface area (Å²) in [4.78, 5) is 22.8. The molecular weight excluding hydrogens is 348 g/mol. The predicted molar refractivity (Wildman–Crippen MR) is 105 cm³/mol. The highest BCUT2D eigenvalue weighted by molar-refractivity contribution is 5.86. The Hall–Kier alpha value is -1.40. The van der Waals surface area contributed by atoms with Crippen LogP contribution in [0.25, 0.3) is 0 Å². The van der Waals surface area contributed by atoms with E-state index in [4.69, 9.17) is 9.47 Å². The normalized spacial score (nSPS) is 13.0. The molecule has 0 saturated carbocycles. The number of unbranched alkanes of at least 4 members (excludes halogenated alkanes) is 7. The molecular formula is C21H38O6. The van der Waals surface area contributed by atoms with Gasteiger partial charge in [0.25, 0.3) is 0 Å². The van der Waals surface area contributed by atoms with Crippen molar-refractivity contribution >= 4 is 11.9 Å². The Morgan fingerprint density at radius 2 is 1.37 bits per heavy atom. The summed E-state index contributed by atoms with van der Waals surface area (Å²) < 4.78 is 9.76. The molecule has 158 valence electrons. The molecule has 0 aliphatic heterocycles. The minimum Gasteiger partial charge on any atom is -0.463 e. The van der Waals surface area contributed by atoms with E-state index >= 15 is 0 Å². The maximum atomic E-state index is 11.6. The minimum atomic E-state index is -1.02. The van der Waals surface area contributed by atoms with E-state index in [1.54, 1.807) is 0 Å². The molecule has 0 heterocycles. The van der Waals surface area contributed by atoms with Crippen LogP contribution in [0.3, 0.4) is 0 Å². The van der Waals surface area contributed by atoms with E-state index in [1.807, 2.05) is 6.92 Å². The maximum Gasteiger partial charge on any atom is 0.333 e. The Bertz CT molecular complexity index is 421. The number of hydrogen-bond donors (Lipinski definition) is 2. The molecule has 0 aliphatic rings. The fraction of sp³-hybridized carbons (Fsp3) is 0.810. The number of aliphatic hydroxyl groups is 2. The van der Waals surface area contributed by atoms with Gasteiger partial charge in [0.1, 0.15) is 19.3 Å². The third-order valence-electron chi connectivity index (χ3n) is 4.33. The first-order valence-corrected chi connectivity index (χ1v) is 10.2. The maximum absolute atomic E-state index is 11.6. The zero-order valence-corrected chi connectivity index (χ0v) is 17.1. The van der Waals surface area contributed by atoms with E-state index in [9.17, 15) is 19.8 Å². The highest BCUT2D eigenvalue weighted by Gasteiger charge is 2.12. The lowest BCUT2D eigenvalue weighted by Gasteiger charge is -2.12. The Kier molecular flexibility index (Phi) is 15.9. The van der Waals surface area contributed by atoms with Crippen molar-refractivity contribution in [1.29, 1.82) is 0 Å². The monoisotopic (exact) mass is 386 g/mol. The van der Waals surface area contributed by atoms with Crippen LogP contribution < -0.4 is 0 Å². The molecule has 0 rings (SSSR count). The van der Waals surface area contributed by atoms with Gasteiger partial charge in [-0.3, -0.25) is 4.79 Å². The zero-order valence-electron chi connectivity index (χ0n) is 17.1. The van der Waals surface area contributed by atoms with Crippen LogP contribution in [0.5, 0.6) is 0 Å². The van der Waals surface area contributed by atoms with Gasteiger partial charge in [-0.05, 0) is 26.2 Å². The van der Waals surface area contributed by atoms with Crippen LogP contribution in [0.15, 0.2) is 12.2 Å². The quantitative estimate of drug-likeness (QED) is 0.225. The van der Waals surface area contributed by atoms with Crippen LogP contribution in [0.1, 0.15) is 84.5 Å². The van der Waals surface area contributed by atoms with Crippen LogP contribution in [0, 0.1) is 0 Å². The van der Waals surface area contributed by atoms with Crippen LogP contribution in [-0.4, -0.2) is 47.6 Å². The van der Waals surface area contributed by atoms with Gasteiger partial charge in [0, 0.05) is 12.0 Å². The summed E-state index contributed by atoms with van der Waals surface area (Å²) in [7, 11) is 0. The molecule has 0 fully saturated rings. The molecule has 0 bridgehead atoms. The van der Waals surface area contributed by atoms with Crippen molar-refractivity contribution in [3.8, 4) is 0 Å². The molecule has 2 atom stereocenters. The summed E-state index contributed by atoms with van der Waals surface area (Å²) >= 11 is 0. The molecule has 0 spiro atoms. The first kappa shape index (κ1) is 25.6. The summed E-state index contributed by atoms with van der Waals surface area (Å²) in [5.41, 5.74) is 0.259. The molecule has 27 heavy (non-hydrogen) atoms. The van der Waals surface area contributed by atoms with Crippen molar-refractivity contribution in [3.63, 3.8) is 0 Å². The van der Waals surface area contributed by atoms with Gasteiger partial charge in [0.2, 0.25) is 0 Å². The van der Waals surface area contributed by atoms with Crippen molar-refractivity contribution in [2.75, 3.05) is 13.2 Å². The van der Waals surface area contributed by atoms with Crippen molar-refractivity contribution in [2.45, 2.75) is 96.7 Å². The molecule has 0 aromatic heterocycles. The third kappa shape index (κ3) is 16.5. The lowest BCUT2D eigenvalue weighted by Crippen LogP contribution is -2.25. The molecule has 0 saturated heterocycles. The predicted octanol–water partition coefficient (Wildman–Crippen LogP) is 3.68. The molecule has 0 aromatic rings. The average molecular weight is 387 g/mol. The first-order valence-electron chi connectivity index (χ1n) is 10.2. The van der Waals surface area contributed by atoms with E-state index in [0.29, 0.717) is 6.42 Å². The SMILES string of the molecule is C=C(C)C(=O)OCC(O)COC(=O)CCCCCCCCCCC(O)CC. The Balaban J connectivity index is 3.43. The number of hydrogen-bond acceptors (Lipinski definition) is 6. The molecule has 0 aromatic carbocycles. The van der Waals surface area contributed by atoms with E-state index in [0.717, 1.165) is 44.9 Å². The van der Waals surface area contributed by atoms with Gasteiger partial charge in [-0.15, -0.1) is 0 Å². The topological polar surface area (TPSA) is 93.1 Å². The number of rotatable bonds is 17. The van der Waals surface area contributed by atoms with Crippen molar-refractivity contribution in [1.82, 2.24) is 0 Å². The van der Waals surface area contributed by atoms with Gasteiger partial charge in [0.05, 0.1) is 6.10 Å². The van der Waals surface area contributed by atoms with Crippen molar-refractivity contribution in [2.24, 2.45) is 0 Å². The van der Waals surface area contributed by atoms with Crippen LogP contribution in [0.2, 0.25) is 0 Å². The second-order valence-electron chi connectivity index (χ2n) is 7.14. The highest BCUT2D eigenvalue weighted by Crippen LogP contribution is 2.12. The fourth-order valence-electron chi connectivity index (χ4n) is 2.52. The van der Waals surface area contributed by atoms with E-state index in [2.05, 4.69) is 6.58 Å². The van der Waals surface area contributed by atoms with Gasteiger partial charge in [-0.2, -0.15) is 0 Å². The van der Waals surface area contributed by atoms with Gasteiger partial charge in [0.15, 0.2) is 0 Å². The summed E-state index contributed by atoms with van der Waals surface area (Å²) in [6.45, 7) is 6.58. The minimum absolute atomic E-state index is 0.141. The molecule has 0 aliphatic carbocycles. The molecule has 6 nitrogen and oxygen atoms in total. The molecule has 6 heteroatoms. The zero-order chi connectivity index (χ0) is 20.5. The van der Waals surface area contributed by atoms with Gasteiger partial charge < -0.3 is 19.7 Å². The van der Waals surface area contributed by atoms with Crippen molar-refractivity contribution in [3.05, 3.63) is 12.2 Å². The van der Waals surface area contributed by atoms with Gasteiger partial charge in [-0.25, -0.2) is 4.79 Å². The largest absolute Gasteiger partial charge is 0.463 e. The second kappa shape index (κ2) is 16.8. The molecule has 0 radical (unpaired) electrons.